The molecule has 5 atom stereocenters. The van der Waals surface area contributed by atoms with Gasteiger partial charge in [0.05, 0.1) is 12.6 Å². The molecule has 0 bridgehead atoms. The number of hydrogen-bond donors (Lipinski definition) is 7. The molecular weight excluding hydrogens is 576 g/mol. The lowest BCUT2D eigenvalue weighted by molar-refractivity contribution is -0.144. The van der Waals surface area contributed by atoms with Crippen molar-refractivity contribution in [3.63, 3.8) is 0 Å². The van der Waals surface area contributed by atoms with Crippen molar-refractivity contribution in [2.75, 3.05) is 13.1 Å². The fourth-order valence-corrected chi connectivity index (χ4v) is 4.66. The lowest BCUT2D eigenvalue weighted by atomic mass is 10.0. The Bertz CT molecular complexity index is 1210. The highest BCUT2D eigenvalue weighted by Crippen LogP contribution is 2.18. The lowest BCUT2D eigenvalue weighted by Crippen LogP contribution is -2.57. The standard InChI is InChI=1S/C29H42N6O9/c1-16(2)24(34-25(39)17(3)30)28(42)31-15-22(36)35-13-7-10-21(35)27(41)33-20(14-18-8-5-4-6-9-18)26(40)32-19(29(43)44)11-12-23(37)38/h4-6,8-9,16-17,19-21,24H,7,10-15,30H2,1-3H3,(H,31,42)(H,32,40)(H,33,41)(H,34,39)(H,37,38)(H,43,44)/t17-,19-,20-,21-,24-/m0/s1. The van der Waals surface area contributed by atoms with Gasteiger partial charge in [-0.25, -0.2) is 4.79 Å². The Kier molecular flexibility index (Phi) is 13.7. The largest absolute Gasteiger partial charge is 0.481 e. The van der Waals surface area contributed by atoms with E-state index >= 15 is 0 Å². The molecule has 5 amide bonds. The maximum Gasteiger partial charge on any atom is 0.326 e. The Hall–Kier alpha value is -4.53. The van der Waals surface area contributed by atoms with Crippen LogP contribution in [0.15, 0.2) is 30.3 Å². The smallest absolute Gasteiger partial charge is 0.326 e. The van der Waals surface area contributed by atoms with Crippen molar-refractivity contribution < 1.29 is 43.8 Å². The van der Waals surface area contributed by atoms with Gasteiger partial charge in [-0.05, 0) is 37.7 Å². The molecule has 242 valence electrons. The molecule has 1 fully saturated rings. The van der Waals surface area contributed by atoms with Crippen LogP contribution in [0.2, 0.25) is 0 Å². The number of carboxylic acid groups (broad SMARTS) is 2. The quantitative estimate of drug-likeness (QED) is 0.116. The minimum Gasteiger partial charge on any atom is -0.481 e. The summed E-state index contributed by atoms with van der Waals surface area (Å²) in [5.74, 6) is -6.05. The van der Waals surface area contributed by atoms with Gasteiger partial charge in [-0.2, -0.15) is 0 Å². The van der Waals surface area contributed by atoms with Crippen LogP contribution >= 0.6 is 0 Å². The first kappa shape index (κ1) is 35.7. The third-order valence-electron chi connectivity index (χ3n) is 7.13. The zero-order valence-electron chi connectivity index (χ0n) is 25.1. The van der Waals surface area contributed by atoms with E-state index in [1.54, 1.807) is 44.2 Å². The predicted molar refractivity (Wildman–Crippen MR) is 157 cm³/mol. The van der Waals surface area contributed by atoms with Crippen molar-refractivity contribution >= 4 is 41.5 Å². The molecule has 0 aromatic heterocycles. The van der Waals surface area contributed by atoms with Crippen molar-refractivity contribution in [3.8, 4) is 0 Å². The lowest BCUT2D eigenvalue weighted by Gasteiger charge is -2.28. The van der Waals surface area contributed by atoms with Crippen LogP contribution in [0.1, 0.15) is 52.0 Å². The molecule has 1 aromatic rings. The maximum absolute atomic E-state index is 13.4. The topological polar surface area (TPSA) is 237 Å². The summed E-state index contributed by atoms with van der Waals surface area (Å²) >= 11 is 0. The van der Waals surface area contributed by atoms with E-state index in [0.29, 0.717) is 18.4 Å². The Morgan fingerprint density at radius 2 is 1.57 bits per heavy atom. The molecule has 44 heavy (non-hydrogen) atoms. The Morgan fingerprint density at radius 1 is 0.909 bits per heavy atom. The Labute approximate surface area is 255 Å². The Balaban J connectivity index is 2.12. The van der Waals surface area contributed by atoms with E-state index in [1.165, 1.54) is 11.8 Å². The molecule has 0 unspecified atom stereocenters. The van der Waals surface area contributed by atoms with E-state index in [1.807, 2.05) is 0 Å². The van der Waals surface area contributed by atoms with Crippen LogP contribution in [-0.4, -0.2) is 99.9 Å². The summed E-state index contributed by atoms with van der Waals surface area (Å²) < 4.78 is 0. The first-order valence-electron chi connectivity index (χ1n) is 14.4. The highest BCUT2D eigenvalue weighted by atomic mass is 16.4. The summed E-state index contributed by atoms with van der Waals surface area (Å²) in [7, 11) is 0. The fourth-order valence-electron chi connectivity index (χ4n) is 4.66. The number of rotatable bonds is 16. The summed E-state index contributed by atoms with van der Waals surface area (Å²) in [5.41, 5.74) is 6.25. The van der Waals surface area contributed by atoms with E-state index in [4.69, 9.17) is 10.8 Å². The van der Waals surface area contributed by atoms with E-state index in [0.717, 1.165) is 0 Å². The van der Waals surface area contributed by atoms with Gasteiger partial charge >= 0.3 is 11.9 Å². The SMILES string of the molecule is CC(C)[C@H](NC(=O)[C@H](C)N)C(=O)NCC(=O)N1CCC[C@H]1C(=O)N[C@@H](Cc1ccccc1)C(=O)N[C@@H](CCC(=O)O)C(=O)O. The van der Waals surface area contributed by atoms with Gasteiger partial charge in [0, 0.05) is 19.4 Å². The highest BCUT2D eigenvalue weighted by Gasteiger charge is 2.37. The summed E-state index contributed by atoms with van der Waals surface area (Å²) in [5, 5.41) is 28.4. The second-order valence-electron chi connectivity index (χ2n) is 11.1. The molecule has 1 aliphatic heterocycles. The molecule has 2 rings (SSSR count). The number of carboxylic acids is 2. The minimum absolute atomic E-state index is 0.00410. The van der Waals surface area contributed by atoms with E-state index in [9.17, 15) is 38.7 Å². The van der Waals surface area contributed by atoms with Crippen molar-refractivity contribution in [2.45, 2.75) is 83.1 Å². The average Bonchev–Trinajstić information content (AvgIpc) is 3.46. The number of aliphatic carboxylic acids is 2. The van der Waals surface area contributed by atoms with E-state index in [2.05, 4.69) is 21.3 Å². The number of carbonyl (C=O) groups is 7. The molecule has 8 N–H and O–H groups in total. The van der Waals surface area contributed by atoms with Gasteiger partial charge in [0.25, 0.3) is 0 Å². The Morgan fingerprint density at radius 3 is 2.14 bits per heavy atom. The van der Waals surface area contributed by atoms with Gasteiger partial charge in [0.2, 0.25) is 29.5 Å². The van der Waals surface area contributed by atoms with Crippen molar-refractivity contribution in [2.24, 2.45) is 11.7 Å². The zero-order valence-corrected chi connectivity index (χ0v) is 25.1. The fraction of sp³-hybridized carbons (Fsp3) is 0.552. The van der Waals surface area contributed by atoms with Gasteiger partial charge in [0.1, 0.15) is 24.2 Å². The third-order valence-corrected chi connectivity index (χ3v) is 7.13. The van der Waals surface area contributed by atoms with Crippen LogP contribution in [0.4, 0.5) is 0 Å². The summed E-state index contributed by atoms with van der Waals surface area (Å²) in [6.07, 6.45) is -0.0574. The number of nitrogens with two attached hydrogens (primary N) is 1. The first-order chi connectivity index (χ1) is 20.7. The first-order valence-corrected chi connectivity index (χ1v) is 14.4. The maximum atomic E-state index is 13.4. The van der Waals surface area contributed by atoms with E-state index in [-0.39, 0.29) is 25.3 Å². The monoisotopic (exact) mass is 618 g/mol. The normalized spacial score (nSPS) is 17.1. The van der Waals surface area contributed by atoms with Crippen LogP contribution < -0.4 is 27.0 Å². The number of likely N-dealkylation sites (tertiary alicyclic amines) is 1. The summed E-state index contributed by atoms with van der Waals surface area (Å²) in [6, 6.07) is 3.24. The van der Waals surface area contributed by atoms with Gasteiger partial charge < -0.3 is 42.1 Å². The minimum atomic E-state index is -1.49. The number of hydrogen-bond acceptors (Lipinski definition) is 8. The number of amides is 5. The third kappa shape index (κ3) is 10.9. The number of nitrogens with one attached hydrogen (secondary N) is 4. The predicted octanol–water partition coefficient (Wildman–Crippen LogP) is -1.26. The van der Waals surface area contributed by atoms with Crippen molar-refractivity contribution in [3.05, 3.63) is 35.9 Å². The van der Waals surface area contributed by atoms with Crippen LogP contribution in [0.3, 0.4) is 0 Å². The van der Waals surface area contributed by atoms with Gasteiger partial charge in [0.15, 0.2) is 0 Å². The summed E-state index contributed by atoms with van der Waals surface area (Å²) in [6.45, 7) is 4.72. The molecular formula is C29H42N6O9. The second-order valence-corrected chi connectivity index (χ2v) is 11.1. The molecule has 15 heteroatoms. The molecule has 1 heterocycles. The van der Waals surface area contributed by atoms with E-state index < -0.39 is 84.6 Å². The molecule has 0 aliphatic carbocycles. The number of nitrogens with zero attached hydrogens (tertiary/aromatic N) is 1. The molecule has 1 aliphatic rings. The van der Waals surface area contributed by atoms with Gasteiger partial charge in [-0.3, -0.25) is 28.8 Å². The van der Waals surface area contributed by atoms with Crippen LogP contribution in [0.5, 0.6) is 0 Å². The molecule has 1 aromatic carbocycles. The summed E-state index contributed by atoms with van der Waals surface area (Å²) in [4.78, 5) is 88.3. The number of benzene rings is 1. The zero-order chi connectivity index (χ0) is 33.0. The second kappa shape index (κ2) is 16.9. The highest BCUT2D eigenvalue weighted by molar-refractivity contribution is 5.95. The van der Waals surface area contributed by atoms with Crippen LogP contribution in [0.25, 0.3) is 0 Å². The molecule has 0 spiro atoms. The molecule has 15 nitrogen and oxygen atoms in total. The molecule has 0 saturated carbocycles. The van der Waals surface area contributed by atoms with Gasteiger partial charge in [-0.15, -0.1) is 0 Å². The van der Waals surface area contributed by atoms with Crippen molar-refractivity contribution in [1.82, 2.24) is 26.2 Å². The van der Waals surface area contributed by atoms with Crippen LogP contribution in [0, 0.1) is 5.92 Å². The average molecular weight is 619 g/mol. The van der Waals surface area contributed by atoms with Gasteiger partial charge in [-0.1, -0.05) is 44.2 Å². The van der Waals surface area contributed by atoms with Crippen LogP contribution in [-0.2, 0) is 40.0 Å². The molecule has 1 saturated heterocycles. The molecule has 0 radical (unpaired) electrons. The van der Waals surface area contributed by atoms with Crippen molar-refractivity contribution in [1.29, 1.82) is 0 Å². The number of carbonyl (C=O) groups excluding carboxylic acids is 5.